The van der Waals surface area contributed by atoms with E-state index in [0.717, 1.165) is 45.6 Å². The van der Waals surface area contributed by atoms with Gasteiger partial charge in [-0.2, -0.15) is 0 Å². The van der Waals surface area contributed by atoms with Crippen molar-refractivity contribution in [3.05, 3.63) is 69.9 Å². The summed E-state index contributed by atoms with van der Waals surface area (Å²) in [6, 6.07) is 13.3. The van der Waals surface area contributed by atoms with E-state index < -0.39 is 0 Å². The molecular weight excluding hydrogens is 388 g/mol. The summed E-state index contributed by atoms with van der Waals surface area (Å²) in [5.41, 5.74) is 4.81. The third-order valence-corrected chi connectivity index (χ3v) is 6.46. The number of aromatic nitrogens is 1. The third kappa shape index (κ3) is 3.10. The van der Waals surface area contributed by atoms with Crippen molar-refractivity contribution >= 4 is 34.4 Å². The number of ether oxygens (including phenoxy) is 1. The Balaban J connectivity index is 1.39. The number of H-pyrrole nitrogens is 1. The molecule has 1 N–H and O–H groups in total. The molecule has 2 unspecified atom stereocenters. The zero-order valence-electron chi connectivity index (χ0n) is 16.1. The van der Waals surface area contributed by atoms with Crippen LogP contribution < -0.4 is 0 Å². The standard InChI is InChI=1S/C23H21ClN2O3/c1-29-23(28)13-6-7-20-16(10-13)18-12-26(9-8-21(18)25-20)22(27)17-11-15(17)14-4-2-3-5-19(14)24/h2-7,10,15,17,25H,8-9,11-12H2,1H3. The summed E-state index contributed by atoms with van der Waals surface area (Å²) in [5, 5.41) is 1.72. The molecule has 1 fully saturated rings. The van der Waals surface area contributed by atoms with Crippen molar-refractivity contribution in [2.75, 3.05) is 13.7 Å². The van der Waals surface area contributed by atoms with E-state index in [9.17, 15) is 9.59 Å². The summed E-state index contributed by atoms with van der Waals surface area (Å²) >= 11 is 6.32. The number of nitrogens with one attached hydrogen (secondary N) is 1. The Bertz CT molecular complexity index is 1140. The molecule has 148 valence electrons. The van der Waals surface area contributed by atoms with Crippen molar-refractivity contribution in [2.24, 2.45) is 5.92 Å². The fourth-order valence-electron chi connectivity index (χ4n) is 4.47. The van der Waals surface area contributed by atoms with Crippen LogP contribution in [0.4, 0.5) is 0 Å². The minimum Gasteiger partial charge on any atom is -0.465 e. The Morgan fingerprint density at radius 3 is 2.83 bits per heavy atom. The molecule has 6 heteroatoms. The van der Waals surface area contributed by atoms with Gasteiger partial charge in [-0.1, -0.05) is 29.8 Å². The second kappa shape index (κ2) is 6.92. The van der Waals surface area contributed by atoms with E-state index >= 15 is 0 Å². The lowest BCUT2D eigenvalue weighted by Crippen LogP contribution is -2.37. The lowest BCUT2D eigenvalue weighted by atomic mass is 10.0. The van der Waals surface area contributed by atoms with Crippen LogP contribution >= 0.6 is 11.6 Å². The van der Waals surface area contributed by atoms with Gasteiger partial charge in [-0.05, 0) is 42.2 Å². The average molecular weight is 409 g/mol. The van der Waals surface area contributed by atoms with Crippen LogP contribution in [0.1, 0.15) is 39.5 Å². The molecule has 0 saturated heterocycles. The molecule has 1 amide bonds. The third-order valence-electron chi connectivity index (χ3n) is 6.12. The molecule has 1 aliphatic heterocycles. The molecule has 2 aliphatic rings. The molecule has 5 rings (SSSR count). The van der Waals surface area contributed by atoms with E-state index in [0.29, 0.717) is 18.7 Å². The van der Waals surface area contributed by atoms with Crippen LogP contribution in [0.2, 0.25) is 5.02 Å². The summed E-state index contributed by atoms with van der Waals surface area (Å²) in [6.45, 7) is 1.26. The lowest BCUT2D eigenvalue weighted by molar-refractivity contribution is -0.133. The lowest BCUT2D eigenvalue weighted by Gasteiger charge is -2.27. The molecule has 0 bridgehead atoms. The average Bonchev–Trinajstić information content (AvgIpc) is 3.46. The quantitative estimate of drug-likeness (QED) is 0.657. The van der Waals surface area contributed by atoms with Gasteiger partial charge in [0.1, 0.15) is 0 Å². The van der Waals surface area contributed by atoms with E-state index in [2.05, 4.69) is 4.98 Å². The van der Waals surface area contributed by atoms with Gasteiger partial charge >= 0.3 is 5.97 Å². The highest BCUT2D eigenvalue weighted by Crippen LogP contribution is 2.50. The molecule has 0 radical (unpaired) electrons. The van der Waals surface area contributed by atoms with Crippen molar-refractivity contribution in [1.82, 2.24) is 9.88 Å². The minimum absolute atomic E-state index is 0.00675. The van der Waals surface area contributed by atoms with Crippen molar-refractivity contribution in [3.8, 4) is 0 Å². The second-order valence-corrected chi connectivity index (χ2v) is 8.22. The highest BCUT2D eigenvalue weighted by atomic mass is 35.5. The van der Waals surface area contributed by atoms with E-state index in [1.807, 2.05) is 41.3 Å². The van der Waals surface area contributed by atoms with Gasteiger partial charge in [0.05, 0.1) is 12.7 Å². The molecule has 2 atom stereocenters. The van der Waals surface area contributed by atoms with Gasteiger partial charge in [0.15, 0.2) is 0 Å². The van der Waals surface area contributed by atoms with Crippen molar-refractivity contribution in [1.29, 1.82) is 0 Å². The first-order chi connectivity index (χ1) is 14.1. The molecule has 2 heterocycles. The van der Waals surface area contributed by atoms with E-state index in [4.69, 9.17) is 16.3 Å². The van der Waals surface area contributed by atoms with Crippen LogP contribution in [0.3, 0.4) is 0 Å². The molecule has 1 saturated carbocycles. The number of halogens is 1. The first-order valence-corrected chi connectivity index (χ1v) is 10.2. The maximum Gasteiger partial charge on any atom is 0.337 e. The highest BCUT2D eigenvalue weighted by Gasteiger charge is 2.47. The molecule has 5 nitrogen and oxygen atoms in total. The van der Waals surface area contributed by atoms with Crippen LogP contribution in [0.25, 0.3) is 10.9 Å². The van der Waals surface area contributed by atoms with Gasteiger partial charge < -0.3 is 14.6 Å². The zero-order valence-corrected chi connectivity index (χ0v) is 16.8. The SMILES string of the molecule is COC(=O)c1ccc2[nH]c3c(c2c1)CN(C(=O)C1CC1c1ccccc1Cl)CC3. The van der Waals surface area contributed by atoms with E-state index in [1.165, 1.54) is 7.11 Å². The smallest absolute Gasteiger partial charge is 0.337 e. The fraction of sp³-hybridized carbons (Fsp3) is 0.304. The largest absolute Gasteiger partial charge is 0.465 e. The number of aromatic amines is 1. The number of rotatable bonds is 3. The molecule has 3 aromatic rings. The summed E-state index contributed by atoms with van der Waals surface area (Å²) in [6.07, 6.45) is 1.64. The predicted octanol–water partition coefficient (Wildman–Crippen LogP) is 4.30. The summed E-state index contributed by atoms with van der Waals surface area (Å²) in [7, 11) is 1.38. The van der Waals surface area contributed by atoms with Gasteiger partial charge in [0.25, 0.3) is 0 Å². The van der Waals surface area contributed by atoms with Gasteiger partial charge in [-0.3, -0.25) is 4.79 Å². The second-order valence-electron chi connectivity index (χ2n) is 7.81. The highest BCUT2D eigenvalue weighted by molar-refractivity contribution is 6.31. The van der Waals surface area contributed by atoms with Crippen LogP contribution in [-0.2, 0) is 22.5 Å². The van der Waals surface area contributed by atoms with Gasteiger partial charge in [0, 0.05) is 52.6 Å². The van der Waals surface area contributed by atoms with Gasteiger partial charge in [-0.15, -0.1) is 0 Å². The van der Waals surface area contributed by atoms with Crippen molar-refractivity contribution in [3.63, 3.8) is 0 Å². The molecule has 1 aliphatic carbocycles. The summed E-state index contributed by atoms with van der Waals surface area (Å²) in [5.74, 6) is 0.0592. The van der Waals surface area contributed by atoms with Gasteiger partial charge in [0.2, 0.25) is 5.91 Å². The van der Waals surface area contributed by atoms with Crippen molar-refractivity contribution < 1.29 is 14.3 Å². The number of fused-ring (bicyclic) bond motifs is 3. The van der Waals surface area contributed by atoms with E-state index in [1.54, 1.807) is 6.07 Å². The summed E-state index contributed by atoms with van der Waals surface area (Å²) in [4.78, 5) is 30.4. The number of hydrogen-bond acceptors (Lipinski definition) is 3. The molecule has 0 spiro atoms. The maximum absolute atomic E-state index is 13.1. The molecular formula is C23H21ClN2O3. The monoisotopic (exact) mass is 408 g/mol. The Morgan fingerprint density at radius 2 is 2.03 bits per heavy atom. The Hall–Kier alpha value is -2.79. The predicted molar refractivity (Wildman–Crippen MR) is 111 cm³/mol. The Labute approximate surface area is 173 Å². The Morgan fingerprint density at radius 1 is 1.21 bits per heavy atom. The number of hydrogen-bond donors (Lipinski definition) is 1. The first kappa shape index (κ1) is 18.3. The zero-order chi connectivity index (χ0) is 20.1. The normalized spacial score (nSPS) is 20.4. The number of methoxy groups -OCH3 is 1. The molecule has 1 aromatic heterocycles. The fourth-order valence-corrected chi connectivity index (χ4v) is 4.74. The number of amides is 1. The summed E-state index contributed by atoms with van der Waals surface area (Å²) < 4.78 is 4.84. The first-order valence-electron chi connectivity index (χ1n) is 9.82. The number of nitrogens with zero attached hydrogens (tertiary/aromatic N) is 1. The number of carbonyl (C=O) groups excluding carboxylic acids is 2. The van der Waals surface area contributed by atoms with Gasteiger partial charge in [-0.25, -0.2) is 4.79 Å². The van der Waals surface area contributed by atoms with Crippen LogP contribution in [0, 0.1) is 5.92 Å². The number of benzene rings is 2. The van der Waals surface area contributed by atoms with Crippen LogP contribution in [0.15, 0.2) is 42.5 Å². The maximum atomic E-state index is 13.1. The molecule has 2 aromatic carbocycles. The van der Waals surface area contributed by atoms with Crippen molar-refractivity contribution in [2.45, 2.75) is 25.3 Å². The number of esters is 1. The Kier molecular flexibility index (Phi) is 4.36. The molecule has 29 heavy (non-hydrogen) atoms. The minimum atomic E-state index is -0.355. The van der Waals surface area contributed by atoms with Crippen LogP contribution in [-0.4, -0.2) is 35.4 Å². The van der Waals surface area contributed by atoms with E-state index in [-0.39, 0.29) is 23.7 Å². The topological polar surface area (TPSA) is 62.4 Å². The van der Waals surface area contributed by atoms with Crippen LogP contribution in [0.5, 0.6) is 0 Å². The number of carbonyl (C=O) groups is 2.